The van der Waals surface area contributed by atoms with Gasteiger partial charge in [0.2, 0.25) is 5.91 Å². The van der Waals surface area contributed by atoms with E-state index in [4.69, 9.17) is 4.74 Å². The number of hydrogen-bond acceptors (Lipinski definition) is 3. The lowest BCUT2D eigenvalue weighted by molar-refractivity contribution is -0.127. The lowest BCUT2D eigenvalue weighted by atomic mass is 9.92. The smallest absolute Gasteiger partial charge is 0.243 e. The molecule has 0 bridgehead atoms. The minimum atomic E-state index is 0. The first-order valence-corrected chi connectivity index (χ1v) is 8.75. The topological polar surface area (TPSA) is 57.2 Å². The zero-order valence-corrected chi connectivity index (χ0v) is 18.2. The van der Waals surface area contributed by atoms with E-state index in [0.717, 1.165) is 45.2 Å². The van der Waals surface area contributed by atoms with Gasteiger partial charge in [-0.1, -0.05) is 13.8 Å². The number of piperidine rings is 1. The summed E-state index contributed by atoms with van der Waals surface area (Å²) in [5, 5.41) is 3.41. The quantitative estimate of drug-likeness (QED) is 0.277. The van der Waals surface area contributed by atoms with Crippen molar-refractivity contribution in [3.05, 3.63) is 0 Å². The number of amides is 1. The Morgan fingerprint density at radius 1 is 1.29 bits per heavy atom. The van der Waals surface area contributed by atoms with Gasteiger partial charge in [-0.15, -0.1) is 24.0 Å². The Hall–Kier alpha value is -0.570. The number of guanidine groups is 1. The van der Waals surface area contributed by atoms with Crippen LogP contribution in [0.4, 0.5) is 0 Å². The van der Waals surface area contributed by atoms with Crippen molar-refractivity contribution >= 4 is 35.8 Å². The van der Waals surface area contributed by atoms with Crippen molar-refractivity contribution in [1.29, 1.82) is 0 Å². The monoisotopic (exact) mass is 454 g/mol. The zero-order chi connectivity index (χ0) is 17.2. The van der Waals surface area contributed by atoms with Crippen LogP contribution in [0.3, 0.4) is 0 Å². The van der Waals surface area contributed by atoms with Crippen LogP contribution in [0, 0.1) is 11.8 Å². The Kier molecular flexibility index (Phi) is 12.4. The number of halogens is 1. The number of carbonyl (C=O) groups excluding carboxylic acids is 1. The molecule has 0 aromatic heterocycles. The van der Waals surface area contributed by atoms with Crippen LogP contribution in [-0.4, -0.2) is 75.2 Å². The van der Waals surface area contributed by atoms with Gasteiger partial charge < -0.3 is 19.9 Å². The lowest BCUT2D eigenvalue weighted by Crippen LogP contribution is -2.49. The zero-order valence-electron chi connectivity index (χ0n) is 15.9. The number of nitrogens with one attached hydrogen (secondary N) is 1. The number of likely N-dealkylation sites (tertiary alicyclic amines) is 1. The summed E-state index contributed by atoms with van der Waals surface area (Å²) in [5.41, 5.74) is 0. The largest absolute Gasteiger partial charge is 0.382 e. The Balaban J connectivity index is 0.00000529. The van der Waals surface area contributed by atoms with Crippen molar-refractivity contribution in [2.24, 2.45) is 16.8 Å². The van der Waals surface area contributed by atoms with E-state index in [1.165, 1.54) is 6.42 Å². The molecule has 1 aliphatic heterocycles. The van der Waals surface area contributed by atoms with E-state index in [1.54, 1.807) is 19.0 Å². The maximum absolute atomic E-state index is 11.8. The predicted molar refractivity (Wildman–Crippen MR) is 110 cm³/mol. The van der Waals surface area contributed by atoms with Crippen LogP contribution in [0.25, 0.3) is 0 Å². The molecule has 6 nitrogen and oxygen atoms in total. The van der Waals surface area contributed by atoms with E-state index >= 15 is 0 Å². The molecule has 1 aliphatic rings. The van der Waals surface area contributed by atoms with Gasteiger partial charge in [-0.25, -0.2) is 4.99 Å². The van der Waals surface area contributed by atoms with Crippen LogP contribution in [0.1, 0.15) is 33.6 Å². The molecule has 0 saturated carbocycles. The summed E-state index contributed by atoms with van der Waals surface area (Å²) in [4.78, 5) is 20.3. The molecule has 0 radical (unpaired) electrons. The van der Waals surface area contributed by atoms with Crippen molar-refractivity contribution in [3.8, 4) is 0 Å². The second kappa shape index (κ2) is 12.7. The molecule has 1 N–H and O–H groups in total. The van der Waals surface area contributed by atoms with E-state index < -0.39 is 0 Å². The van der Waals surface area contributed by atoms with Crippen LogP contribution in [-0.2, 0) is 9.53 Å². The molecule has 1 amide bonds. The van der Waals surface area contributed by atoms with Gasteiger partial charge >= 0.3 is 0 Å². The van der Waals surface area contributed by atoms with E-state index in [9.17, 15) is 4.79 Å². The maximum atomic E-state index is 11.8. The fourth-order valence-corrected chi connectivity index (χ4v) is 2.91. The number of ether oxygens (including phenoxy) is 1. The maximum Gasteiger partial charge on any atom is 0.243 e. The normalized spacial score (nSPS) is 21.2. The van der Waals surface area contributed by atoms with Crippen molar-refractivity contribution < 1.29 is 9.53 Å². The lowest BCUT2D eigenvalue weighted by Gasteiger charge is -2.37. The number of rotatable bonds is 7. The fourth-order valence-electron chi connectivity index (χ4n) is 2.91. The second-order valence-electron chi connectivity index (χ2n) is 6.76. The highest BCUT2D eigenvalue weighted by molar-refractivity contribution is 14.0. The molecule has 2 atom stereocenters. The minimum absolute atomic E-state index is 0. The summed E-state index contributed by atoms with van der Waals surface area (Å²) in [7, 11) is 3.52. The summed E-state index contributed by atoms with van der Waals surface area (Å²) >= 11 is 0. The molecule has 0 aliphatic carbocycles. The van der Waals surface area contributed by atoms with Crippen LogP contribution in [0.5, 0.6) is 0 Å². The second-order valence-corrected chi connectivity index (χ2v) is 6.76. The highest BCUT2D eigenvalue weighted by atomic mass is 127. The van der Waals surface area contributed by atoms with Gasteiger partial charge in [-0.3, -0.25) is 4.79 Å². The summed E-state index contributed by atoms with van der Waals surface area (Å²) < 4.78 is 5.37. The van der Waals surface area contributed by atoms with Gasteiger partial charge in [-0.2, -0.15) is 0 Å². The van der Waals surface area contributed by atoms with Crippen molar-refractivity contribution in [1.82, 2.24) is 15.1 Å². The molecular formula is C17H35IN4O2. The molecule has 7 heteroatoms. The van der Waals surface area contributed by atoms with Gasteiger partial charge in [0, 0.05) is 46.9 Å². The first-order valence-electron chi connectivity index (χ1n) is 8.75. The van der Waals surface area contributed by atoms with Crippen molar-refractivity contribution in [2.45, 2.75) is 33.6 Å². The molecule has 24 heavy (non-hydrogen) atoms. The van der Waals surface area contributed by atoms with Gasteiger partial charge in [0.15, 0.2) is 5.96 Å². The summed E-state index contributed by atoms with van der Waals surface area (Å²) in [6, 6.07) is 0. The Morgan fingerprint density at radius 2 is 1.92 bits per heavy atom. The minimum Gasteiger partial charge on any atom is -0.382 e. The summed E-state index contributed by atoms with van der Waals surface area (Å²) in [6.45, 7) is 11.1. The highest BCUT2D eigenvalue weighted by Crippen LogP contribution is 2.20. The molecule has 1 fully saturated rings. The first-order chi connectivity index (χ1) is 10.9. The molecule has 2 unspecified atom stereocenters. The number of aliphatic imine (C=N–C) groups is 1. The molecule has 0 aromatic carbocycles. The van der Waals surface area contributed by atoms with Gasteiger partial charge in [0.1, 0.15) is 6.54 Å². The molecule has 0 spiro atoms. The first kappa shape index (κ1) is 23.4. The third-order valence-electron chi connectivity index (χ3n) is 3.98. The van der Waals surface area contributed by atoms with Crippen LogP contribution in [0.2, 0.25) is 0 Å². The Labute approximate surface area is 164 Å². The van der Waals surface area contributed by atoms with Crippen LogP contribution < -0.4 is 5.32 Å². The Morgan fingerprint density at radius 3 is 2.46 bits per heavy atom. The predicted octanol–water partition coefficient (Wildman–Crippen LogP) is 2.04. The summed E-state index contributed by atoms with van der Waals surface area (Å²) in [6.07, 6.45) is 2.19. The molecule has 1 heterocycles. The Bertz CT molecular complexity index is 381. The van der Waals surface area contributed by atoms with Crippen LogP contribution in [0.15, 0.2) is 4.99 Å². The summed E-state index contributed by atoms with van der Waals surface area (Å²) in [5.74, 6) is 2.18. The number of nitrogens with zero attached hydrogens (tertiary/aromatic N) is 3. The van der Waals surface area contributed by atoms with Gasteiger partial charge in [0.05, 0.1) is 0 Å². The average molecular weight is 454 g/mol. The van der Waals surface area contributed by atoms with Gasteiger partial charge in [-0.05, 0) is 31.6 Å². The van der Waals surface area contributed by atoms with E-state index in [-0.39, 0.29) is 36.4 Å². The number of carbonyl (C=O) groups is 1. The van der Waals surface area contributed by atoms with Crippen LogP contribution >= 0.6 is 24.0 Å². The highest BCUT2D eigenvalue weighted by Gasteiger charge is 2.24. The third-order valence-corrected chi connectivity index (χ3v) is 3.98. The van der Waals surface area contributed by atoms with Gasteiger partial charge in [0.25, 0.3) is 0 Å². The fraction of sp³-hybridized carbons (Fsp3) is 0.882. The third kappa shape index (κ3) is 9.05. The molecule has 1 rings (SSSR count). The van der Waals surface area contributed by atoms with E-state index in [0.29, 0.717) is 11.8 Å². The molecular weight excluding hydrogens is 419 g/mol. The average Bonchev–Trinajstić information content (AvgIpc) is 2.48. The van der Waals surface area contributed by atoms with Crippen molar-refractivity contribution in [3.63, 3.8) is 0 Å². The number of hydrogen-bond donors (Lipinski definition) is 1. The van der Waals surface area contributed by atoms with E-state index in [1.807, 2.05) is 6.92 Å². The van der Waals surface area contributed by atoms with Crippen molar-refractivity contribution in [2.75, 3.05) is 53.5 Å². The molecule has 1 saturated heterocycles. The standard InChI is InChI=1S/C17H34N4O2.HI/c1-6-23-9-7-8-18-17(19-11-16(22)20(4)5)21-12-14(2)10-15(3)13-21;/h14-15H,6-13H2,1-5H3,(H,18,19);1H. The SMILES string of the molecule is CCOCCCNC(=NCC(=O)N(C)C)N1CC(C)CC(C)C1.I. The number of likely N-dealkylation sites (N-methyl/N-ethyl adjacent to an activating group) is 1. The molecule has 142 valence electrons. The van der Waals surface area contributed by atoms with E-state index in [2.05, 4.69) is 29.1 Å². The molecule has 0 aromatic rings.